The number of ether oxygens (including phenoxy) is 1. The van der Waals surface area contributed by atoms with Gasteiger partial charge < -0.3 is 10.1 Å². The molecule has 4 heteroatoms. The van der Waals surface area contributed by atoms with Gasteiger partial charge in [0.2, 0.25) is 0 Å². The summed E-state index contributed by atoms with van der Waals surface area (Å²) in [5.41, 5.74) is 2.22. The van der Waals surface area contributed by atoms with E-state index in [1.165, 1.54) is 12.1 Å². The topological polar surface area (TPSA) is 21.3 Å². The molecule has 1 N–H and O–H groups in total. The first-order chi connectivity index (χ1) is 9.95. The average molecular weight is 291 g/mol. The van der Waals surface area contributed by atoms with Crippen molar-refractivity contribution in [2.75, 3.05) is 0 Å². The molecule has 0 saturated carbocycles. The van der Waals surface area contributed by atoms with Crippen LogP contribution in [-0.4, -0.2) is 6.04 Å². The van der Waals surface area contributed by atoms with Crippen LogP contribution in [0.2, 0.25) is 0 Å². The van der Waals surface area contributed by atoms with E-state index < -0.39 is 11.6 Å². The van der Waals surface area contributed by atoms with Crippen molar-refractivity contribution in [3.8, 4) is 11.5 Å². The smallest absolute Gasteiger partial charge is 0.168 e. The van der Waals surface area contributed by atoms with Crippen LogP contribution in [0.4, 0.5) is 8.78 Å². The SMILES string of the molecule is Cc1cc(Oc2ccc(F)cc2F)ccc1CNC(C)C. The predicted octanol–water partition coefficient (Wildman–Crippen LogP) is 4.56. The third kappa shape index (κ3) is 4.26. The Kier molecular flexibility index (Phi) is 4.91. The van der Waals surface area contributed by atoms with Gasteiger partial charge in [0.05, 0.1) is 0 Å². The number of rotatable bonds is 5. The minimum atomic E-state index is -0.710. The van der Waals surface area contributed by atoms with Gasteiger partial charge in [-0.25, -0.2) is 8.78 Å². The monoisotopic (exact) mass is 291 g/mol. The highest BCUT2D eigenvalue weighted by Crippen LogP contribution is 2.26. The predicted molar refractivity (Wildman–Crippen MR) is 79.6 cm³/mol. The standard InChI is InChI=1S/C17H19F2NO/c1-11(2)20-10-13-4-6-15(8-12(13)3)21-17-7-5-14(18)9-16(17)19/h4-9,11,20H,10H2,1-3H3. The van der Waals surface area contributed by atoms with Crippen LogP contribution in [0.5, 0.6) is 11.5 Å². The van der Waals surface area contributed by atoms with E-state index in [1.54, 1.807) is 6.07 Å². The highest BCUT2D eigenvalue weighted by atomic mass is 19.1. The average Bonchev–Trinajstić information content (AvgIpc) is 2.41. The molecule has 112 valence electrons. The fourth-order valence-corrected chi connectivity index (χ4v) is 1.93. The van der Waals surface area contributed by atoms with Gasteiger partial charge in [0.15, 0.2) is 11.6 Å². The Morgan fingerprint density at radius 3 is 2.48 bits per heavy atom. The molecular weight excluding hydrogens is 272 g/mol. The molecule has 0 amide bonds. The molecule has 0 spiro atoms. The minimum Gasteiger partial charge on any atom is -0.454 e. The molecule has 2 nitrogen and oxygen atoms in total. The van der Waals surface area contributed by atoms with Crippen molar-refractivity contribution in [1.29, 1.82) is 0 Å². The van der Waals surface area contributed by atoms with Crippen LogP contribution in [0.3, 0.4) is 0 Å². The second-order valence-electron chi connectivity index (χ2n) is 5.30. The van der Waals surface area contributed by atoms with Crippen LogP contribution in [0, 0.1) is 18.6 Å². The molecule has 0 aliphatic carbocycles. The Morgan fingerprint density at radius 2 is 1.86 bits per heavy atom. The third-order valence-corrected chi connectivity index (χ3v) is 3.14. The fraction of sp³-hybridized carbons (Fsp3) is 0.294. The second kappa shape index (κ2) is 6.68. The van der Waals surface area contributed by atoms with Crippen LogP contribution in [-0.2, 0) is 6.54 Å². The minimum absolute atomic E-state index is 0.0175. The van der Waals surface area contributed by atoms with Gasteiger partial charge >= 0.3 is 0 Å². The largest absolute Gasteiger partial charge is 0.454 e. The lowest BCUT2D eigenvalue weighted by Crippen LogP contribution is -2.22. The molecule has 0 bridgehead atoms. The summed E-state index contributed by atoms with van der Waals surface area (Å²) in [6.45, 7) is 6.92. The molecule has 0 aliphatic heterocycles. The van der Waals surface area contributed by atoms with Crippen molar-refractivity contribution in [2.24, 2.45) is 0 Å². The van der Waals surface area contributed by atoms with E-state index in [1.807, 2.05) is 19.1 Å². The highest BCUT2D eigenvalue weighted by molar-refractivity contribution is 5.38. The zero-order chi connectivity index (χ0) is 15.4. The van der Waals surface area contributed by atoms with Gasteiger partial charge in [-0.3, -0.25) is 0 Å². The summed E-state index contributed by atoms with van der Waals surface area (Å²) in [5, 5.41) is 3.34. The molecule has 0 atom stereocenters. The molecule has 0 radical (unpaired) electrons. The second-order valence-corrected chi connectivity index (χ2v) is 5.30. The van der Waals surface area contributed by atoms with E-state index >= 15 is 0 Å². The first-order valence-corrected chi connectivity index (χ1v) is 6.91. The maximum Gasteiger partial charge on any atom is 0.168 e. The quantitative estimate of drug-likeness (QED) is 0.871. The molecule has 2 aromatic rings. The maximum absolute atomic E-state index is 13.6. The van der Waals surface area contributed by atoms with Crippen molar-refractivity contribution in [3.05, 3.63) is 59.2 Å². The Hall–Kier alpha value is -1.94. The number of nitrogens with one attached hydrogen (secondary N) is 1. The summed E-state index contributed by atoms with van der Waals surface area (Å²) >= 11 is 0. The zero-order valence-corrected chi connectivity index (χ0v) is 12.4. The van der Waals surface area contributed by atoms with Crippen LogP contribution in [0.1, 0.15) is 25.0 Å². The number of aryl methyl sites for hydroxylation is 1. The van der Waals surface area contributed by atoms with Crippen molar-refractivity contribution < 1.29 is 13.5 Å². The maximum atomic E-state index is 13.6. The van der Waals surface area contributed by atoms with E-state index in [0.29, 0.717) is 11.8 Å². The third-order valence-electron chi connectivity index (χ3n) is 3.14. The molecule has 2 rings (SSSR count). The van der Waals surface area contributed by atoms with Gasteiger partial charge in [-0.2, -0.15) is 0 Å². The van der Waals surface area contributed by atoms with Gasteiger partial charge in [0.1, 0.15) is 11.6 Å². The lowest BCUT2D eigenvalue weighted by molar-refractivity contribution is 0.437. The normalized spacial score (nSPS) is 11.0. The summed E-state index contributed by atoms with van der Waals surface area (Å²) in [6.07, 6.45) is 0. The molecule has 2 aromatic carbocycles. The van der Waals surface area contributed by atoms with Crippen LogP contribution < -0.4 is 10.1 Å². The molecule has 0 saturated heterocycles. The summed E-state index contributed by atoms with van der Waals surface area (Å²) < 4.78 is 31.9. The van der Waals surface area contributed by atoms with Crippen LogP contribution in [0.25, 0.3) is 0 Å². The molecule has 0 aromatic heterocycles. The molecule has 0 aliphatic rings. The van der Waals surface area contributed by atoms with Gasteiger partial charge in [0.25, 0.3) is 0 Å². The Balaban J connectivity index is 2.12. The number of hydrogen-bond acceptors (Lipinski definition) is 2. The Labute approximate surface area is 123 Å². The van der Waals surface area contributed by atoms with Gasteiger partial charge in [-0.05, 0) is 42.3 Å². The molecule has 0 unspecified atom stereocenters. The van der Waals surface area contributed by atoms with Crippen LogP contribution in [0.15, 0.2) is 36.4 Å². The van der Waals surface area contributed by atoms with Crippen molar-refractivity contribution in [3.63, 3.8) is 0 Å². The van der Waals surface area contributed by atoms with Crippen molar-refractivity contribution in [2.45, 2.75) is 33.4 Å². The van der Waals surface area contributed by atoms with E-state index in [2.05, 4.69) is 19.2 Å². The summed E-state index contributed by atoms with van der Waals surface area (Å²) in [5.74, 6) is -0.778. The number of benzene rings is 2. The lowest BCUT2D eigenvalue weighted by atomic mass is 10.1. The lowest BCUT2D eigenvalue weighted by Gasteiger charge is -2.12. The summed E-state index contributed by atoms with van der Waals surface area (Å²) in [6, 6.07) is 9.26. The van der Waals surface area contributed by atoms with Gasteiger partial charge in [-0.1, -0.05) is 19.9 Å². The summed E-state index contributed by atoms with van der Waals surface area (Å²) in [7, 11) is 0. The zero-order valence-electron chi connectivity index (χ0n) is 12.4. The number of hydrogen-bond donors (Lipinski definition) is 1. The van der Waals surface area contributed by atoms with E-state index in [0.717, 1.165) is 23.7 Å². The molecule has 21 heavy (non-hydrogen) atoms. The Bertz CT molecular complexity index is 626. The first kappa shape index (κ1) is 15.4. The van der Waals surface area contributed by atoms with Crippen molar-refractivity contribution in [1.82, 2.24) is 5.32 Å². The van der Waals surface area contributed by atoms with Crippen LogP contribution >= 0.6 is 0 Å². The summed E-state index contributed by atoms with van der Waals surface area (Å²) in [4.78, 5) is 0. The van der Waals surface area contributed by atoms with E-state index in [9.17, 15) is 8.78 Å². The van der Waals surface area contributed by atoms with E-state index in [-0.39, 0.29) is 5.75 Å². The molecule has 0 heterocycles. The number of halogens is 2. The fourth-order valence-electron chi connectivity index (χ4n) is 1.93. The van der Waals surface area contributed by atoms with E-state index in [4.69, 9.17) is 4.74 Å². The van der Waals surface area contributed by atoms with Crippen molar-refractivity contribution >= 4 is 0 Å². The van der Waals surface area contributed by atoms with Gasteiger partial charge in [-0.15, -0.1) is 0 Å². The Morgan fingerprint density at radius 1 is 1.10 bits per heavy atom. The molecule has 0 fully saturated rings. The highest BCUT2D eigenvalue weighted by Gasteiger charge is 2.07. The first-order valence-electron chi connectivity index (χ1n) is 6.91. The molecular formula is C17H19F2NO. The van der Waals surface area contributed by atoms with Gasteiger partial charge in [0, 0.05) is 18.7 Å².